The predicted molar refractivity (Wildman–Crippen MR) is 125 cm³/mol. The van der Waals surface area contributed by atoms with E-state index in [0.29, 0.717) is 33.6 Å². The fraction of sp³-hybridized carbons (Fsp3) is 0.333. The van der Waals surface area contributed by atoms with Crippen molar-refractivity contribution in [3.63, 3.8) is 0 Å². The molecule has 2 aliphatic heterocycles. The zero-order chi connectivity index (χ0) is 22.9. The van der Waals surface area contributed by atoms with Gasteiger partial charge in [-0.3, -0.25) is 14.6 Å². The Kier molecular flexibility index (Phi) is 5.80. The summed E-state index contributed by atoms with van der Waals surface area (Å²) >= 11 is 1.52. The molecular formula is C24H25N4O4S+. The van der Waals surface area contributed by atoms with Crippen molar-refractivity contribution in [2.45, 2.75) is 44.4 Å². The number of hydrogen-bond acceptors (Lipinski definition) is 6. The lowest BCUT2D eigenvalue weighted by molar-refractivity contribution is -0.763. The predicted octanol–water partition coefficient (Wildman–Crippen LogP) is 3.65. The highest BCUT2D eigenvalue weighted by Crippen LogP contribution is 2.40. The van der Waals surface area contributed by atoms with Crippen LogP contribution < -0.4 is 24.6 Å². The smallest absolute Gasteiger partial charge is 0.325 e. The fourth-order valence-electron chi connectivity index (χ4n) is 4.27. The molecule has 1 aromatic heterocycles. The first-order valence-electron chi connectivity index (χ1n) is 11.1. The lowest BCUT2D eigenvalue weighted by Gasteiger charge is -2.31. The standard InChI is InChI=1S/C24H24N4O4S/c1-3-4-7-12-33-24-25-22(30)21-17-8-5-6-9-18(17)27(15(2)29)23(28(21)26-24)16-10-11-19-20(13-16)32-14-31-19/h5-6,8-11,13,23H,3-4,7,12,14H2,1-2H3/p+1. The minimum atomic E-state index is -0.640. The second-order valence-electron chi connectivity index (χ2n) is 8.00. The monoisotopic (exact) mass is 465 g/mol. The molecule has 0 fully saturated rings. The van der Waals surface area contributed by atoms with Gasteiger partial charge < -0.3 is 9.47 Å². The first-order valence-corrected chi connectivity index (χ1v) is 12.0. The van der Waals surface area contributed by atoms with Gasteiger partial charge in [-0.2, -0.15) is 0 Å². The summed E-state index contributed by atoms with van der Waals surface area (Å²) in [7, 11) is 0. The molecular weight excluding hydrogens is 440 g/mol. The number of aromatic nitrogens is 3. The van der Waals surface area contributed by atoms with E-state index in [1.165, 1.54) is 18.7 Å². The van der Waals surface area contributed by atoms with E-state index in [2.05, 4.69) is 11.9 Å². The number of unbranched alkanes of at least 4 members (excludes halogenated alkanes) is 2. The van der Waals surface area contributed by atoms with Crippen LogP contribution in [0.2, 0.25) is 0 Å². The molecule has 0 bridgehead atoms. The van der Waals surface area contributed by atoms with Gasteiger partial charge in [-0.25, -0.2) is 4.90 Å². The number of nitrogens with one attached hydrogen (secondary N) is 1. The molecule has 0 aliphatic carbocycles. The van der Waals surface area contributed by atoms with E-state index in [9.17, 15) is 9.59 Å². The van der Waals surface area contributed by atoms with Crippen molar-refractivity contribution in [2.24, 2.45) is 0 Å². The molecule has 1 atom stereocenters. The maximum atomic E-state index is 13.3. The van der Waals surface area contributed by atoms with E-state index in [1.54, 1.807) is 9.58 Å². The van der Waals surface area contributed by atoms with Crippen molar-refractivity contribution in [1.82, 2.24) is 10.1 Å². The molecule has 5 rings (SSSR count). The Labute approximate surface area is 195 Å². The number of thioether (sulfide) groups is 1. The third kappa shape index (κ3) is 3.86. The van der Waals surface area contributed by atoms with Crippen molar-refractivity contribution in [2.75, 3.05) is 17.4 Å². The Hall–Kier alpha value is -3.33. The number of nitrogens with zero attached hydrogens (tertiary/aromatic N) is 3. The number of amides is 1. The molecule has 0 saturated carbocycles. The van der Waals surface area contributed by atoms with Crippen LogP contribution >= 0.6 is 11.8 Å². The molecule has 0 radical (unpaired) electrons. The van der Waals surface area contributed by atoms with Gasteiger partial charge in [-0.05, 0) is 41.4 Å². The van der Waals surface area contributed by atoms with Crippen LogP contribution in [0, 0.1) is 0 Å². The van der Waals surface area contributed by atoms with E-state index in [-0.39, 0.29) is 18.3 Å². The number of H-pyrrole nitrogens is 1. The molecule has 1 N–H and O–H groups in total. The minimum absolute atomic E-state index is 0.150. The van der Waals surface area contributed by atoms with E-state index in [4.69, 9.17) is 14.6 Å². The van der Waals surface area contributed by atoms with Crippen LogP contribution in [0.25, 0.3) is 11.3 Å². The number of hydrogen-bond donors (Lipinski definition) is 1. The molecule has 170 valence electrons. The number of carbonyl (C=O) groups is 1. The van der Waals surface area contributed by atoms with Gasteiger partial charge >= 0.3 is 11.3 Å². The molecule has 1 amide bonds. The first kappa shape index (κ1) is 21.5. The third-order valence-electron chi connectivity index (χ3n) is 5.78. The molecule has 0 saturated heterocycles. The molecule has 33 heavy (non-hydrogen) atoms. The molecule has 9 heteroatoms. The summed E-state index contributed by atoms with van der Waals surface area (Å²) in [5.41, 5.74) is 2.30. The number of ether oxygens (including phenoxy) is 2. The summed E-state index contributed by atoms with van der Waals surface area (Å²) in [5.74, 6) is 1.97. The summed E-state index contributed by atoms with van der Waals surface area (Å²) in [4.78, 5) is 30.9. The Morgan fingerprint density at radius 3 is 2.85 bits per heavy atom. The van der Waals surface area contributed by atoms with Crippen molar-refractivity contribution in [3.05, 3.63) is 58.4 Å². The number of carbonyl (C=O) groups excluding carboxylic acids is 1. The number of rotatable bonds is 6. The molecule has 2 aliphatic rings. The minimum Gasteiger partial charge on any atom is -0.454 e. The van der Waals surface area contributed by atoms with Crippen LogP contribution in [0.1, 0.15) is 44.8 Å². The third-order valence-corrected chi connectivity index (χ3v) is 6.73. The lowest BCUT2D eigenvalue weighted by atomic mass is 10.0. The number of fused-ring (bicyclic) bond motifs is 4. The van der Waals surface area contributed by atoms with Gasteiger partial charge in [0, 0.05) is 23.3 Å². The number of anilines is 1. The topological polar surface area (TPSA) is 88.4 Å². The molecule has 3 aromatic rings. The highest BCUT2D eigenvalue weighted by atomic mass is 32.2. The van der Waals surface area contributed by atoms with Gasteiger partial charge in [0.25, 0.3) is 6.17 Å². The largest absolute Gasteiger partial charge is 0.454 e. The average Bonchev–Trinajstić information content (AvgIpc) is 3.28. The van der Waals surface area contributed by atoms with Crippen LogP contribution in [-0.2, 0) is 4.79 Å². The Morgan fingerprint density at radius 2 is 2.03 bits per heavy atom. The molecule has 3 heterocycles. The number of para-hydroxylation sites is 1. The maximum absolute atomic E-state index is 13.3. The molecule has 2 aromatic carbocycles. The quantitative estimate of drug-likeness (QED) is 0.340. The highest BCUT2D eigenvalue weighted by Gasteiger charge is 2.45. The molecule has 0 spiro atoms. The normalized spacial score (nSPS) is 15.8. The van der Waals surface area contributed by atoms with E-state index >= 15 is 0 Å². The second kappa shape index (κ2) is 8.90. The van der Waals surface area contributed by atoms with Gasteiger partial charge in [-0.15, -0.1) is 0 Å². The van der Waals surface area contributed by atoms with Gasteiger partial charge in [0.2, 0.25) is 17.9 Å². The maximum Gasteiger partial charge on any atom is 0.325 e. The highest BCUT2D eigenvalue weighted by molar-refractivity contribution is 7.99. The van der Waals surface area contributed by atoms with Crippen molar-refractivity contribution in [3.8, 4) is 22.8 Å². The van der Waals surface area contributed by atoms with Gasteiger partial charge in [0.1, 0.15) is 0 Å². The molecule has 8 nitrogen and oxygen atoms in total. The Morgan fingerprint density at radius 1 is 1.21 bits per heavy atom. The van der Waals surface area contributed by atoms with Crippen molar-refractivity contribution >= 4 is 23.4 Å². The van der Waals surface area contributed by atoms with Crippen LogP contribution in [0.15, 0.2) is 52.4 Å². The summed E-state index contributed by atoms with van der Waals surface area (Å²) in [6, 6.07) is 13.0. The van der Waals surface area contributed by atoms with Crippen LogP contribution in [-0.4, -0.2) is 28.5 Å². The van der Waals surface area contributed by atoms with Gasteiger partial charge in [0.05, 0.1) is 11.3 Å². The Bertz CT molecular complexity index is 1280. The zero-order valence-electron chi connectivity index (χ0n) is 18.5. The molecule has 1 unspecified atom stereocenters. The SMILES string of the molecule is CCCCCSc1n[n+]2c(c(=O)[nH]1)-c1ccccc1N(C(C)=O)C2c1ccc2c(c1)OCO2. The van der Waals surface area contributed by atoms with Crippen LogP contribution in [0.4, 0.5) is 5.69 Å². The van der Waals surface area contributed by atoms with Crippen LogP contribution in [0.5, 0.6) is 11.5 Å². The van der Waals surface area contributed by atoms with Crippen molar-refractivity contribution < 1.29 is 19.0 Å². The number of aromatic amines is 1. The first-order chi connectivity index (χ1) is 16.1. The summed E-state index contributed by atoms with van der Waals surface area (Å²) in [6.45, 7) is 3.84. The average molecular weight is 466 g/mol. The second-order valence-corrected chi connectivity index (χ2v) is 9.08. The van der Waals surface area contributed by atoms with Crippen LogP contribution in [0.3, 0.4) is 0 Å². The Balaban J connectivity index is 1.69. The number of benzene rings is 2. The fourth-order valence-corrected chi connectivity index (χ4v) is 5.13. The summed E-state index contributed by atoms with van der Waals surface area (Å²) in [5, 5.41) is 5.35. The van der Waals surface area contributed by atoms with Gasteiger partial charge in [0.15, 0.2) is 11.5 Å². The van der Waals surface area contributed by atoms with E-state index < -0.39 is 6.17 Å². The van der Waals surface area contributed by atoms with Crippen molar-refractivity contribution in [1.29, 1.82) is 0 Å². The lowest BCUT2D eigenvalue weighted by Crippen LogP contribution is -2.60. The zero-order valence-corrected chi connectivity index (χ0v) is 19.4. The van der Waals surface area contributed by atoms with E-state index in [1.807, 2.05) is 42.5 Å². The van der Waals surface area contributed by atoms with Gasteiger partial charge in [-0.1, -0.05) is 43.7 Å². The summed E-state index contributed by atoms with van der Waals surface area (Å²) < 4.78 is 12.7. The van der Waals surface area contributed by atoms with E-state index in [0.717, 1.165) is 30.6 Å². The summed E-state index contributed by atoms with van der Waals surface area (Å²) in [6.07, 6.45) is 2.65.